The van der Waals surface area contributed by atoms with Gasteiger partial charge in [0.25, 0.3) is 0 Å². The molecule has 0 atom stereocenters. The fourth-order valence-corrected chi connectivity index (χ4v) is 3.68. The molecule has 0 aliphatic rings. The molecule has 0 aliphatic heterocycles. The van der Waals surface area contributed by atoms with Crippen LogP contribution in [0.1, 0.15) is 5.56 Å². The summed E-state index contributed by atoms with van der Waals surface area (Å²) in [5.74, 6) is 0.340. The van der Waals surface area contributed by atoms with Gasteiger partial charge in [0.15, 0.2) is 0 Å². The number of rotatable bonds is 2. The summed E-state index contributed by atoms with van der Waals surface area (Å²) in [4.78, 5) is 1.10. The molecule has 1 aromatic carbocycles. The molecule has 0 spiro atoms. The summed E-state index contributed by atoms with van der Waals surface area (Å²) >= 11 is 8.88. The second-order valence-corrected chi connectivity index (χ2v) is 4.82. The molecule has 74 valence electrons. The van der Waals surface area contributed by atoms with Gasteiger partial charge in [-0.1, -0.05) is 12.1 Å². The van der Waals surface area contributed by atoms with Gasteiger partial charge in [-0.05, 0) is 11.8 Å². The number of thiophene rings is 1. The van der Waals surface area contributed by atoms with E-state index in [-0.39, 0.29) is 5.82 Å². The van der Waals surface area contributed by atoms with Crippen LogP contribution < -0.4 is 0 Å². The summed E-state index contributed by atoms with van der Waals surface area (Å²) in [6.45, 7) is 0. The predicted octanol–water partition coefficient (Wildman–Crippen LogP) is 4.50. The second-order valence-electron chi connectivity index (χ2n) is 2.85. The average Bonchev–Trinajstić information content (AvgIpc) is 2.59. The standard InChI is InChI=1S/C10H8ClFS2/c1-13-9-6(4-11)2-3-7-8(12)5-14-10(7)9/h2-3,5H,4H2,1H3. The number of hydrogen-bond donors (Lipinski definition) is 0. The maximum atomic E-state index is 13.3. The van der Waals surface area contributed by atoms with Gasteiger partial charge < -0.3 is 0 Å². The number of thioether (sulfide) groups is 1. The minimum Gasteiger partial charge on any atom is -0.205 e. The molecule has 4 heteroatoms. The first-order valence-corrected chi connectivity index (χ1v) is 6.70. The molecular weight excluding hydrogens is 239 g/mol. The van der Waals surface area contributed by atoms with Gasteiger partial charge in [-0.15, -0.1) is 34.7 Å². The highest BCUT2D eigenvalue weighted by atomic mass is 35.5. The lowest BCUT2D eigenvalue weighted by Crippen LogP contribution is -1.83. The van der Waals surface area contributed by atoms with Crippen LogP contribution in [0.4, 0.5) is 4.39 Å². The first kappa shape index (κ1) is 10.3. The van der Waals surface area contributed by atoms with Crippen LogP contribution in [0, 0.1) is 5.82 Å². The molecule has 0 nitrogen and oxygen atoms in total. The third-order valence-electron chi connectivity index (χ3n) is 2.08. The third kappa shape index (κ3) is 1.53. The van der Waals surface area contributed by atoms with E-state index in [1.165, 1.54) is 11.3 Å². The van der Waals surface area contributed by atoms with Gasteiger partial charge in [-0.3, -0.25) is 0 Å². The van der Waals surface area contributed by atoms with Crippen molar-refractivity contribution in [1.82, 2.24) is 0 Å². The second kappa shape index (κ2) is 4.09. The van der Waals surface area contributed by atoms with Crippen LogP contribution in [-0.2, 0) is 5.88 Å². The number of benzene rings is 1. The van der Waals surface area contributed by atoms with Gasteiger partial charge in [0.1, 0.15) is 5.82 Å². The molecule has 2 rings (SSSR count). The Morgan fingerprint density at radius 3 is 2.93 bits per heavy atom. The van der Waals surface area contributed by atoms with Crippen molar-refractivity contribution < 1.29 is 4.39 Å². The Morgan fingerprint density at radius 1 is 1.50 bits per heavy atom. The number of alkyl halides is 1. The highest BCUT2D eigenvalue weighted by molar-refractivity contribution is 7.99. The van der Waals surface area contributed by atoms with Crippen molar-refractivity contribution in [2.45, 2.75) is 10.8 Å². The molecule has 2 aromatic rings. The lowest BCUT2D eigenvalue weighted by molar-refractivity contribution is 0.644. The molecule has 0 unspecified atom stereocenters. The third-order valence-corrected chi connectivity index (χ3v) is 4.36. The largest absolute Gasteiger partial charge is 0.205 e. The highest BCUT2D eigenvalue weighted by Crippen LogP contribution is 2.36. The number of halogens is 2. The van der Waals surface area contributed by atoms with Crippen molar-refractivity contribution >= 4 is 44.8 Å². The molecule has 0 bridgehead atoms. The maximum absolute atomic E-state index is 13.3. The normalized spacial score (nSPS) is 11.1. The van der Waals surface area contributed by atoms with E-state index in [1.54, 1.807) is 23.2 Å². The van der Waals surface area contributed by atoms with Crippen molar-refractivity contribution in [3.63, 3.8) is 0 Å². The molecule has 0 amide bonds. The minimum absolute atomic E-state index is 0.138. The van der Waals surface area contributed by atoms with Crippen molar-refractivity contribution in [1.29, 1.82) is 0 Å². The topological polar surface area (TPSA) is 0 Å². The van der Waals surface area contributed by atoms with Gasteiger partial charge in [0.05, 0.1) is 4.70 Å². The first-order chi connectivity index (χ1) is 6.77. The molecule has 1 heterocycles. The van der Waals surface area contributed by atoms with Crippen molar-refractivity contribution in [3.05, 3.63) is 28.9 Å². The Labute approximate surface area is 95.1 Å². The van der Waals surface area contributed by atoms with E-state index in [0.29, 0.717) is 11.3 Å². The molecule has 0 N–H and O–H groups in total. The Balaban J connectivity index is 2.77. The quantitative estimate of drug-likeness (QED) is 0.555. The molecule has 1 aromatic heterocycles. The van der Waals surface area contributed by atoms with Gasteiger partial charge in [-0.2, -0.15) is 0 Å². The zero-order valence-corrected chi connectivity index (χ0v) is 9.90. The van der Waals surface area contributed by atoms with Crippen LogP contribution in [0.5, 0.6) is 0 Å². The van der Waals surface area contributed by atoms with E-state index in [1.807, 2.05) is 12.3 Å². The summed E-state index contributed by atoms with van der Waals surface area (Å²) in [5.41, 5.74) is 1.08. The van der Waals surface area contributed by atoms with Crippen molar-refractivity contribution in [2.24, 2.45) is 0 Å². The molecule has 0 aliphatic carbocycles. The van der Waals surface area contributed by atoms with E-state index in [2.05, 4.69) is 0 Å². The Morgan fingerprint density at radius 2 is 2.29 bits per heavy atom. The first-order valence-electron chi connectivity index (χ1n) is 4.06. The zero-order valence-electron chi connectivity index (χ0n) is 7.51. The Bertz CT molecular complexity index is 464. The highest BCUT2D eigenvalue weighted by Gasteiger charge is 2.10. The lowest BCUT2D eigenvalue weighted by atomic mass is 10.2. The summed E-state index contributed by atoms with van der Waals surface area (Å²) in [7, 11) is 0. The monoisotopic (exact) mass is 246 g/mol. The van der Waals surface area contributed by atoms with Crippen LogP contribution >= 0.6 is 34.7 Å². The number of fused-ring (bicyclic) bond motifs is 1. The smallest absolute Gasteiger partial charge is 0.141 e. The summed E-state index contributed by atoms with van der Waals surface area (Å²) in [5, 5.41) is 2.25. The van der Waals surface area contributed by atoms with E-state index in [9.17, 15) is 4.39 Å². The van der Waals surface area contributed by atoms with Crippen LogP contribution in [-0.4, -0.2) is 6.26 Å². The van der Waals surface area contributed by atoms with Gasteiger partial charge in [0.2, 0.25) is 0 Å². The molecule has 0 saturated carbocycles. The van der Waals surface area contributed by atoms with Gasteiger partial charge >= 0.3 is 0 Å². The van der Waals surface area contributed by atoms with Gasteiger partial charge in [0, 0.05) is 21.5 Å². The Kier molecular flexibility index (Phi) is 3.00. The fraction of sp³-hybridized carbons (Fsp3) is 0.200. The molecule has 0 radical (unpaired) electrons. The Hall–Kier alpha value is -0.250. The fourth-order valence-electron chi connectivity index (χ4n) is 1.41. The van der Waals surface area contributed by atoms with Crippen molar-refractivity contribution in [3.8, 4) is 0 Å². The van der Waals surface area contributed by atoms with Gasteiger partial charge in [-0.25, -0.2) is 4.39 Å². The van der Waals surface area contributed by atoms with Crippen LogP contribution in [0.2, 0.25) is 0 Å². The van der Waals surface area contributed by atoms with E-state index >= 15 is 0 Å². The summed E-state index contributed by atoms with van der Waals surface area (Å²) in [6, 6.07) is 3.70. The lowest BCUT2D eigenvalue weighted by Gasteiger charge is -2.04. The average molecular weight is 247 g/mol. The van der Waals surface area contributed by atoms with E-state index in [0.717, 1.165) is 15.2 Å². The van der Waals surface area contributed by atoms with Crippen LogP contribution in [0.15, 0.2) is 22.4 Å². The maximum Gasteiger partial charge on any atom is 0.141 e. The SMILES string of the molecule is CSc1c(CCl)ccc2c(F)csc12. The van der Waals surface area contributed by atoms with E-state index in [4.69, 9.17) is 11.6 Å². The predicted molar refractivity (Wildman–Crippen MR) is 63.1 cm³/mol. The molecular formula is C10H8ClFS2. The van der Waals surface area contributed by atoms with Crippen LogP contribution in [0.3, 0.4) is 0 Å². The number of hydrogen-bond acceptors (Lipinski definition) is 2. The molecule has 0 fully saturated rings. The van der Waals surface area contributed by atoms with E-state index < -0.39 is 0 Å². The minimum atomic E-state index is -0.138. The summed E-state index contributed by atoms with van der Waals surface area (Å²) < 4.78 is 14.3. The molecule has 0 saturated heterocycles. The van der Waals surface area contributed by atoms with Crippen molar-refractivity contribution in [2.75, 3.05) is 6.26 Å². The van der Waals surface area contributed by atoms with Crippen LogP contribution in [0.25, 0.3) is 10.1 Å². The molecule has 14 heavy (non-hydrogen) atoms. The zero-order chi connectivity index (χ0) is 10.1. The summed E-state index contributed by atoms with van der Waals surface area (Å²) in [6.07, 6.45) is 1.99.